The van der Waals surface area contributed by atoms with Gasteiger partial charge < -0.3 is 4.98 Å². The predicted octanol–water partition coefficient (Wildman–Crippen LogP) is 5.19. The number of para-hydroxylation sites is 1. The lowest BCUT2D eigenvalue weighted by atomic mass is 10.1. The Bertz CT molecular complexity index is 1080. The second-order valence-corrected chi connectivity index (χ2v) is 7.48. The Kier molecular flexibility index (Phi) is 3.78. The van der Waals surface area contributed by atoms with Crippen LogP contribution in [0.3, 0.4) is 0 Å². The largest absolute Gasteiger partial charge is 0.360 e. The summed E-state index contributed by atoms with van der Waals surface area (Å²) < 4.78 is 16.1. The van der Waals surface area contributed by atoms with Crippen LogP contribution in [0.25, 0.3) is 22.3 Å². The molecule has 5 rings (SSSR count). The van der Waals surface area contributed by atoms with E-state index in [1.165, 1.54) is 6.07 Å². The lowest BCUT2D eigenvalue weighted by Gasteiger charge is -2.08. The quantitative estimate of drug-likeness (QED) is 0.496. The van der Waals surface area contributed by atoms with Gasteiger partial charge in [-0.05, 0) is 30.5 Å². The summed E-state index contributed by atoms with van der Waals surface area (Å²) >= 11 is 1.55. The molecule has 26 heavy (non-hydrogen) atoms. The zero-order chi connectivity index (χ0) is 17.5. The molecule has 1 aliphatic rings. The lowest BCUT2D eigenvalue weighted by molar-refractivity contribution is 0.617. The van der Waals surface area contributed by atoms with Crippen LogP contribution in [0.4, 0.5) is 4.39 Å². The number of nitrogens with one attached hydrogen (secondary N) is 1. The molecule has 4 nitrogen and oxygen atoms in total. The number of halogens is 1. The highest BCUT2D eigenvalue weighted by atomic mass is 32.2. The molecule has 1 aliphatic carbocycles. The van der Waals surface area contributed by atoms with Gasteiger partial charge in [-0.3, -0.25) is 4.57 Å². The average Bonchev–Trinajstić information content (AvgIpc) is 3.28. The summed E-state index contributed by atoms with van der Waals surface area (Å²) in [7, 11) is 0. The molecular weight excluding hydrogens is 347 g/mol. The second-order valence-electron chi connectivity index (χ2n) is 6.54. The van der Waals surface area contributed by atoms with Gasteiger partial charge in [0.1, 0.15) is 5.82 Å². The van der Waals surface area contributed by atoms with Crippen LogP contribution in [0.1, 0.15) is 24.4 Å². The number of thioether (sulfide) groups is 1. The van der Waals surface area contributed by atoms with Gasteiger partial charge in [-0.2, -0.15) is 0 Å². The summed E-state index contributed by atoms with van der Waals surface area (Å²) in [5.74, 6) is 1.26. The third kappa shape index (κ3) is 2.70. The summed E-state index contributed by atoms with van der Waals surface area (Å²) in [5.41, 5.74) is 2.85. The second kappa shape index (κ2) is 6.29. The van der Waals surface area contributed by atoms with Gasteiger partial charge in [-0.25, -0.2) is 4.39 Å². The van der Waals surface area contributed by atoms with Crippen LogP contribution in [0.5, 0.6) is 0 Å². The van der Waals surface area contributed by atoms with E-state index < -0.39 is 0 Å². The lowest BCUT2D eigenvalue weighted by Crippen LogP contribution is -2.00. The smallest absolute Gasteiger partial charge is 0.192 e. The Hall–Kier alpha value is -2.60. The first-order chi connectivity index (χ1) is 12.8. The van der Waals surface area contributed by atoms with Crippen molar-refractivity contribution in [2.75, 3.05) is 0 Å². The minimum absolute atomic E-state index is 0.172. The van der Waals surface area contributed by atoms with Crippen LogP contribution in [0, 0.1) is 5.82 Å². The van der Waals surface area contributed by atoms with Gasteiger partial charge in [0.15, 0.2) is 11.0 Å². The van der Waals surface area contributed by atoms with Crippen molar-refractivity contribution in [2.45, 2.75) is 29.8 Å². The van der Waals surface area contributed by atoms with Gasteiger partial charge in [0, 0.05) is 34.5 Å². The highest BCUT2D eigenvalue weighted by Gasteiger charge is 2.31. The Morgan fingerprint density at radius 2 is 1.88 bits per heavy atom. The number of benzene rings is 2. The molecule has 1 saturated carbocycles. The van der Waals surface area contributed by atoms with Crippen molar-refractivity contribution >= 4 is 22.7 Å². The Morgan fingerprint density at radius 3 is 2.73 bits per heavy atom. The third-order valence-corrected chi connectivity index (χ3v) is 5.71. The number of nitrogens with zero attached hydrogens (tertiary/aromatic N) is 3. The van der Waals surface area contributed by atoms with Gasteiger partial charge in [0.2, 0.25) is 0 Å². The molecule has 2 aromatic heterocycles. The fourth-order valence-corrected chi connectivity index (χ4v) is 4.23. The van der Waals surface area contributed by atoms with Gasteiger partial charge in [0.05, 0.1) is 0 Å². The van der Waals surface area contributed by atoms with Crippen LogP contribution < -0.4 is 0 Å². The van der Waals surface area contributed by atoms with Crippen LogP contribution >= 0.6 is 11.8 Å². The monoisotopic (exact) mass is 364 g/mol. The van der Waals surface area contributed by atoms with E-state index in [4.69, 9.17) is 0 Å². The van der Waals surface area contributed by atoms with Crippen LogP contribution in [0.2, 0.25) is 0 Å². The van der Waals surface area contributed by atoms with Crippen molar-refractivity contribution in [2.24, 2.45) is 0 Å². The number of aromatic nitrogens is 4. The molecule has 4 aromatic rings. The average molecular weight is 364 g/mol. The molecular formula is C20H17FN4S. The third-order valence-electron chi connectivity index (χ3n) is 4.72. The van der Waals surface area contributed by atoms with E-state index in [1.54, 1.807) is 17.8 Å². The van der Waals surface area contributed by atoms with Crippen molar-refractivity contribution in [1.82, 2.24) is 19.7 Å². The van der Waals surface area contributed by atoms with Crippen LogP contribution in [0.15, 0.2) is 59.9 Å². The summed E-state index contributed by atoms with van der Waals surface area (Å²) in [6, 6.07) is 15.5. The van der Waals surface area contributed by atoms with E-state index in [0.717, 1.165) is 40.3 Å². The summed E-state index contributed by atoms with van der Waals surface area (Å²) in [4.78, 5) is 3.31. The molecule has 0 radical (unpaired) electrons. The van der Waals surface area contributed by atoms with E-state index in [2.05, 4.69) is 31.9 Å². The molecule has 0 spiro atoms. The summed E-state index contributed by atoms with van der Waals surface area (Å²) in [5, 5.41) is 10.9. The van der Waals surface area contributed by atoms with Gasteiger partial charge in [-0.1, -0.05) is 48.2 Å². The first-order valence-corrected chi connectivity index (χ1v) is 9.67. The molecule has 0 bridgehead atoms. The number of rotatable bonds is 5. The molecule has 0 atom stereocenters. The zero-order valence-electron chi connectivity index (χ0n) is 14.0. The fraction of sp³-hybridized carbons (Fsp3) is 0.200. The standard InChI is InChI=1S/C20H17FN4S/c21-17-7-3-1-5-13(17)12-26-20-24-23-19(25(20)14-9-10-14)16-11-22-18-8-4-2-6-15(16)18/h1-8,11,14,22H,9-10,12H2. The Labute approximate surface area is 154 Å². The maximum Gasteiger partial charge on any atom is 0.192 e. The first kappa shape index (κ1) is 15.6. The maximum absolute atomic E-state index is 13.9. The number of fused-ring (bicyclic) bond motifs is 1. The molecule has 6 heteroatoms. The minimum atomic E-state index is -0.172. The van der Waals surface area contributed by atoms with Crippen molar-refractivity contribution < 1.29 is 4.39 Å². The van der Waals surface area contributed by atoms with Gasteiger partial charge >= 0.3 is 0 Å². The topological polar surface area (TPSA) is 46.5 Å². The van der Waals surface area contributed by atoms with Crippen LogP contribution in [-0.2, 0) is 5.75 Å². The summed E-state index contributed by atoms with van der Waals surface area (Å²) in [6.07, 6.45) is 4.28. The van der Waals surface area contributed by atoms with E-state index in [1.807, 2.05) is 30.5 Å². The highest BCUT2D eigenvalue weighted by molar-refractivity contribution is 7.98. The van der Waals surface area contributed by atoms with Gasteiger partial charge in [0.25, 0.3) is 0 Å². The molecule has 2 heterocycles. The number of aromatic amines is 1. The highest BCUT2D eigenvalue weighted by Crippen LogP contribution is 2.42. The summed E-state index contributed by atoms with van der Waals surface area (Å²) in [6.45, 7) is 0. The van der Waals surface area contributed by atoms with Crippen LogP contribution in [-0.4, -0.2) is 19.7 Å². The molecule has 2 aromatic carbocycles. The Morgan fingerprint density at radius 1 is 1.08 bits per heavy atom. The van der Waals surface area contributed by atoms with Crippen molar-refractivity contribution in [3.63, 3.8) is 0 Å². The predicted molar refractivity (Wildman–Crippen MR) is 102 cm³/mol. The van der Waals surface area contributed by atoms with E-state index >= 15 is 0 Å². The van der Waals surface area contributed by atoms with E-state index in [-0.39, 0.29) is 5.82 Å². The molecule has 1 N–H and O–H groups in total. The first-order valence-electron chi connectivity index (χ1n) is 8.69. The van der Waals surface area contributed by atoms with Crippen molar-refractivity contribution in [3.05, 3.63) is 66.1 Å². The van der Waals surface area contributed by atoms with Crippen molar-refractivity contribution in [1.29, 1.82) is 0 Å². The number of hydrogen-bond donors (Lipinski definition) is 1. The Balaban J connectivity index is 1.51. The minimum Gasteiger partial charge on any atom is -0.360 e. The maximum atomic E-state index is 13.9. The van der Waals surface area contributed by atoms with E-state index in [9.17, 15) is 4.39 Å². The van der Waals surface area contributed by atoms with E-state index in [0.29, 0.717) is 17.4 Å². The molecule has 0 aliphatic heterocycles. The number of H-pyrrole nitrogens is 1. The SMILES string of the molecule is Fc1ccccc1CSc1nnc(-c2c[nH]c3ccccc23)n1C1CC1. The molecule has 0 saturated heterocycles. The molecule has 130 valence electrons. The molecule has 0 unspecified atom stereocenters. The number of hydrogen-bond acceptors (Lipinski definition) is 3. The normalized spacial score (nSPS) is 14.2. The van der Waals surface area contributed by atoms with Crippen molar-refractivity contribution in [3.8, 4) is 11.4 Å². The zero-order valence-corrected chi connectivity index (χ0v) is 14.8. The molecule has 1 fully saturated rings. The fourth-order valence-electron chi connectivity index (χ4n) is 3.24. The molecule has 0 amide bonds. The van der Waals surface area contributed by atoms with Gasteiger partial charge in [-0.15, -0.1) is 10.2 Å².